The number of hydrogen-bond donors (Lipinski definition) is 3. The summed E-state index contributed by atoms with van der Waals surface area (Å²) in [7, 11) is 1.63. The zero-order valence-electron chi connectivity index (χ0n) is 17.4. The third kappa shape index (κ3) is 11.3. The van der Waals surface area contributed by atoms with Gasteiger partial charge in [-0.3, -0.25) is 0 Å². The van der Waals surface area contributed by atoms with Crippen molar-refractivity contribution < 1.29 is 4.74 Å². The van der Waals surface area contributed by atoms with E-state index in [4.69, 9.17) is 10.5 Å². The Labute approximate surface area is 156 Å². The monoisotopic (exact) mass is 353 g/mol. The summed E-state index contributed by atoms with van der Waals surface area (Å²) in [4.78, 5) is 0. The van der Waals surface area contributed by atoms with E-state index in [0.29, 0.717) is 5.76 Å². The molecule has 148 valence electrons. The number of ether oxygens (including phenoxy) is 1. The van der Waals surface area contributed by atoms with E-state index < -0.39 is 0 Å². The van der Waals surface area contributed by atoms with Crippen molar-refractivity contribution >= 4 is 0 Å². The summed E-state index contributed by atoms with van der Waals surface area (Å²) >= 11 is 0. The van der Waals surface area contributed by atoms with Crippen LogP contribution >= 0.6 is 0 Å². The fourth-order valence-electron chi connectivity index (χ4n) is 2.93. The second kappa shape index (κ2) is 14.2. The number of nitrogens with one attached hydrogen (secondary N) is 2. The highest BCUT2D eigenvalue weighted by molar-refractivity contribution is 5.07. The first-order chi connectivity index (χ1) is 11.8. The van der Waals surface area contributed by atoms with Gasteiger partial charge in [-0.1, -0.05) is 65.5 Å². The summed E-state index contributed by atoms with van der Waals surface area (Å²) in [5, 5.41) is 6.79. The maximum Gasteiger partial charge on any atom is 0.110 e. The van der Waals surface area contributed by atoms with Gasteiger partial charge in [0.05, 0.1) is 13.2 Å². The zero-order chi connectivity index (χ0) is 19.2. The molecule has 0 amide bonds. The van der Waals surface area contributed by atoms with Gasteiger partial charge in [-0.05, 0) is 26.2 Å². The van der Waals surface area contributed by atoms with Gasteiger partial charge in [0.2, 0.25) is 0 Å². The summed E-state index contributed by atoms with van der Waals surface area (Å²) in [6.45, 7) is 17.5. The Morgan fingerprint density at radius 2 is 1.68 bits per heavy atom. The molecule has 0 saturated heterocycles. The molecule has 0 spiro atoms. The second-order valence-electron chi connectivity index (χ2n) is 7.30. The van der Waals surface area contributed by atoms with Gasteiger partial charge in [0, 0.05) is 24.3 Å². The van der Waals surface area contributed by atoms with E-state index in [0.717, 1.165) is 24.6 Å². The van der Waals surface area contributed by atoms with Crippen LogP contribution in [0.3, 0.4) is 0 Å². The van der Waals surface area contributed by atoms with Gasteiger partial charge in [-0.2, -0.15) is 0 Å². The average molecular weight is 354 g/mol. The molecule has 4 atom stereocenters. The number of hydrogen-bond acceptors (Lipinski definition) is 4. The Morgan fingerprint density at radius 3 is 2.24 bits per heavy atom. The van der Waals surface area contributed by atoms with E-state index in [1.165, 1.54) is 38.5 Å². The smallest absolute Gasteiger partial charge is 0.110 e. The molecule has 4 N–H and O–H groups in total. The predicted molar refractivity (Wildman–Crippen MR) is 110 cm³/mol. The van der Waals surface area contributed by atoms with E-state index in [-0.39, 0.29) is 18.1 Å². The Balaban J connectivity index is 3.97. The average Bonchev–Trinajstić information content (AvgIpc) is 2.61. The van der Waals surface area contributed by atoms with Crippen LogP contribution in [0.4, 0.5) is 0 Å². The van der Waals surface area contributed by atoms with Crippen molar-refractivity contribution in [1.29, 1.82) is 0 Å². The lowest BCUT2D eigenvalue weighted by atomic mass is 9.93. The molecule has 0 fully saturated rings. The molecule has 0 aromatic rings. The maximum atomic E-state index is 6.27. The Hall–Kier alpha value is -1.00. The SMILES string of the molecule is C=C(NC(C)C(=C)OC)C(C)NCC(N)CCCC(CC)CCCC. The molecule has 0 aliphatic rings. The first kappa shape index (κ1) is 24.0. The molecule has 0 bridgehead atoms. The number of nitrogens with two attached hydrogens (primary N) is 1. The summed E-state index contributed by atoms with van der Waals surface area (Å²) < 4.78 is 5.15. The van der Waals surface area contributed by atoms with Crippen molar-refractivity contribution in [2.75, 3.05) is 13.7 Å². The molecule has 4 nitrogen and oxygen atoms in total. The van der Waals surface area contributed by atoms with Crippen molar-refractivity contribution in [3.63, 3.8) is 0 Å². The first-order valence-corrected chi connectivity index (χ1v) is 10.0. The number of methoxy groups -OCH3 is 1. The normalized spacial score (nSPS) is 15.9. The Bertz CT molecular complexity index is 370. The van der Waals surface area contributed by atoms with Crippen LogP contribution in [-0.2, 0) is 4.74 Å². The van der Waals surface area contributed by atoms with Crippen molar-refractivity contribution in [2.45, 2.75) is 90.8 Å². The van der Waals surface area contributed by atoms with E-state index in [1.807, 2.05) is 6.92 Å². The summed E-state index contributed by atoms with van der Waals surface area (Å²) in [5.74, 6) is 1.58. The van der Waals surface area contributed by atoms with Gasteiger partial charge in [0.1, 0.15) is 5.76 Å². The van der Waals surface area contributed by atoms with Crippen LogP contribution in [0.25, 0.3) is 0 Å². The maximum absolute atomic E-state index is 6.27. The van der Waals surface area contributed by atoms with Crippen molar-refractivity contribution in [2.24, 2.45) is 11.7 Å². The molecule has 4 unspecified atom stereocenters. The van der Waals surface area contributed by atoms with E-state index in [9.17, 15) is 0 Å². The van der Waals surface area contributed by atoms with Gasteiger partial charge in [-0.25, -0.2) is 0 Å². The topological polar surface area (TPSA) is 59.3 Å². The first-order valence-electron chi connectivity index (χ1n) is 10.0. The molecule has 0 rings (SSSR count). The highest BCUT2D eigenvalue weighted by Crippen LogP contribution is 2.19. The van der Waals surface area contributed by atoms with Crippen LogP contribution < -0.4 is 16.4 Å². The van der Waals surface area contributed by atoms with Crippen LogP contribution in [0, 0.1) is 5.92 Å². The van der Waals surface area contributed by atoms with Gasteiger partial charge >= 0.3 is 0 Å². The highest BCUT2D eigenvalue weighted by atomic mass is 16.5. The standard InChI is InChI=1S/C21H43N3O/c1-8-10-12-20(9-2)13-11-14-21(22)15-23-16(3)17(4)24-18(5)19(6)25-7/h16,18,20-21,23-24H,4,6,8-15,22H2,1-3,5,7H3. The molecule has 0 aromatic carbocycles. The lowest BCUT2D eigenvalue weighted by molar-refractivity contribution is 0.260. The van der Waals surface area contributed by atoms with Crippen LogP contribution in [-0.4, -0.2) is 31.8 Å². The van der Waals surface area contributed by atoms with E-state index in [2.05, 4.69) is 44.6 Å². The quantitative estimate of drug-likeness (QED) is 0.361. The molecule has 0 radical (unpaired) electrons. The lowest BCUT2D eigenvalue weighted by Crippen LogP contribution is -2.43. The molecule has 4 heteroatoms. The summed E-state index contributed by atoms with van der Waals surface area (Å²) in [5.41, 5.74) is 7.21. The highest BCUT2D eigenvalue weighted by Gasteiger charge is 2.13. The molecule has 0 aliphatic carbocycles. The fourth-order valence-corrected chi connectivity index (χ4v) is 2.93. The predicted octanol–water partition coefficient (Wildman–Crippen LogP) is 4.33. The van der Waals surface area contributed by atoms with Crippen molar-refractivity contribution in [1.82, 2.24) is 10.6 Å². The van der Waals surface area contributed by atoms with Crippen LogP contribution in [0.15, 0.2) is 24.6 Å². The van der Waals surface area contributed by atoms with E-state index in [1.54, 1.807) is 7.11 Å². The summed E-state index contributed by atoms with van der Waals surface area (Å²) in [6, 6.07) is 0.404. The largest absolute Gasteiger partial charge is 0.500 e. The van der Waals surface area contributed by atoms with Crippen LogP contribution in [0.2, 0.25) is 0 Å². The molecular weight excluding hydrogens is 310 g/mol. The molecule has 0 saturated carbocycles. The van der Waals surface area contributed by atoms with Gasteiger partial charge < -0.3 is 21.1 Å². The van der Waals surface area contributed by atoms with Crippen molar-refractivity contribution in [3.05, 3.63) is 24.6 Å². The number of rotatable bonds is 16. The number of unbranched alkanes of at least 4 members (excludes halogenated alkanes) is 1. The van der Waals surface area contributed by atoms with Gasteiger partial charge in [-0.15, -0.1) is 0 Å². The molecule has 0 heterocycles. The molecular formula is C21H43N3O. The van der Waals surface area contributed by atoms with Gasteiger partial charge in [0.25, 0.3) is 0 Å². The van der Waals surface area contributed by atoms with Crippen LogP contribution in [0.5, 0.6) is 0 Å². The van der Waals surface area contributed by atoms with Gasteiger partial charge in [0.15, 0.2) is 0 Å². The molecule has 0 aromatic heterocycles. The fraction of sp³-hybridized carbons (Fsp3) is 0.810. The summed E-state index contributed by atoms with van der Waals surface area (Å²) in [6.07, 6.45) is 8.93. The molecule has 0 aliphatic heterocycles. The molecule has 25 heavy (non-hydrogen) atoms. The van der Waals surface area contributed by atoms with Crippen LogP contribution in [0.1, 0.15) is 72.6 Å². The Kier molecular flexibility index (Phi) is 13.6. The minimum absolute atomic E-state index is 0.0459. The minimum atomic E-state index is 0.0459. The minimum Gasteiger partial charge on any atom is -0.500 e. The third-order valence-corrected chi connectivity index (χ3v) is 5.09. The second-order valence-corrected chi connectivity index (χ2v) is 7.30. The Morgan fingerprint density at radius 1 is 1.04 bits per heavy atom. The zero-order valence-corrected chi connectivity index (χ0v) is 17.4. The van der Waals surface area contributed by atoms with Crippen molar-refractivity contribution in [3.8, 4) is 0 Å². The third-order valence-electron chi connectivity index (χ3n) is 5.09. The lowest BCUT2D eigenvalue weighted by Gasteiger charge is -2.24. The van der Waals surface area contributed by atoms with E-state index >= 15 is 0 Å².